The maximum absolute atomic E-state index is 11.2. The lowest BCUT2D eigenvalue weighted by molar-refractivity contribution is -0.145. The normalized spacial score (nSPS) is 29.9. The number of carbonyl (C=O) groups excluding carboxylic acids is 1. The molecule has 2 aliphatic rings. The van der Waals surface area contributed by atoms with Crippen molar-refractivity contribution in [3.05, 3.63) is 12.2 Å². The topological polar surface area (TPSA) is 47.6 Å². The molecule has 3 atom stereocenters. The first-order valence-electron chi connectivity index (χ1n) is 6.91. The molecule has 1 saturated heterocycles. The maximum Gasteiger partial charge on any atom is 0.330 e. The lowest BCUT2D eigenvalue weighted by Gasteiger charge is -2.29. The quantitative estimate of drug-likeness (QED) is 0.759. The van der Waals surface area contributed by atoms with Gasteiger partial charge in [0.05, 0.1) is 6.10 Å². The van der Waals surface area contributed by atoms with Crippen molar-refractivity contribution in [2.24, 2.45) is 0 Å². The summed E-state index contributed by atoms with van der Waals surface area (Å²) in [6, 6.07) is 0.554. The Labute approximate surface area is 109 Å². The predicted octanol–water partition coefficient (Wildman–Crippen LogP) is 1.80. The molecule has 0 aromatic rings. The molecule has 18 heavy (non-hydrogen) atoms. The second-order valence-electron chi connectivity index (χ2n) is 5.17. The van der Waals surface area contributed by atoms with Gasteiger partial charge in [0.1, 0.15) is 6.10 Å². The van der Waals surface area contributed by atoms with Crippen molar-refractivity contribution >= 4 is 5.97 Å². The molecule has 0 radical (unpaired) electrons. The van der Waals surface area contributed by atoms with Crippen LogP contribution in [-0.2, 0) is 14.3 Å². The Morgan fingerprint density at radius 3 is 3.06 bits per heavy atom. The molecule has 0 aliphatic carbocycles. The van der Waals surface area contributed by atoms with Gasteiger partial charge in [-0.3, -0.25) is 0 Å². The number of esters is 1. The molecule has 0 bridgehead atoms. The molecule has 0 amide bonds. The van der Waals surface area contributed by atoms with Gasteiger partial charge in [-0.05, 0) is 25.8 Å². The lowest BCUT2D eigenvalue weighted by atomic mass is 9.95. The van der Waals surface area contributed by atoms with Gasteiger partial charge < -0.3 is 14.8 Å². The van der Waals surface area contributed by atoms with E-state index in [0.29, 0.717) is 6.04 Å². The number of methoxy groups -OCH3 is 1. The fourth-order valence-corrected chi connectivity index (χ4v) is 2.74. The average Bonchev–Trinajstić information content (AvgIpc) is 2.39. The molecule has 1 fully saturated rings. The van der Waals surface area contributed by atoms with Crippen LogP contribution in [0.2, 0.25) is 0 Å². The summed E-state index contributed by atoms with van der Waals surface area (Å²) in [7, 11) is 1.74. The monoisotopic (exact) mass is 253 g/mol. The number of ether oxygens (including phenoxy) is 2. The van der Waals surface area contributed by atoms with Crippen molar-refractivity contribution in [2.45, 2.75) is 56.8 Å². The van der Waals surface area contributed by atoms with Crippen LogP contribution >= 0.6 is 0 Å². The molecule has 2 aliphatic heterocycles. The van der Waals surface area contributed by atoms with E-state index in [2.05, 4.69) is 5.32 Å². The Morgan fingerprint density at radius 1 is 1.50 bits per heavy atom. The zero-order valence-corrected chi connectivity index (χ0v) is 11.1. The highest BCUT2D eigenvalue weighted by molar-refractivity contribution is 5.82. The Kier molecular flexibility index (Phi) is 5.20. The summed E-state index contributed by atoms with van der Waals surface area (Å²) in [5.74, 6) is -0.225. The molecule has 0 unspecified atom stereocenters. The highest BCUT2D eigenvalue weighted by Gasteiger charge is 2.24. The Morgan fingerprint density at radius 2 is 2.39 bits per heavy atom. The van der Waals surface area contributed by atoms with E-state index in [0.717, 1.165) is 25.8 Å². The molecule has 102 valence electrons. The lowest BCUT2D eigenvalue weighted by Crippen LogP contribution is -2.38. The summed E-state index contributed by atoms with van der Waals surface area (Å²) in [5.41, 5.74) is 0. The second-order valence-corrected chi connectivity index (χ2v) is 5.17. The van der Waals surface area contributed by atoms with Crippen LogP contribution in [0, 0.1) is 0 Å². The molecule has 2 heterocycles. The highest BCUT2D eigenvalue weighted by Crippen LogP contribution is 2.20. The Balaban J connectivity index is 1.77. The minimum Gasteiger partial charge on any atom is -0.459 e. The van der Waals surface area contributed by atoms with Crippen LogP contribution < -0.4 is 5.32 Å². The molecule has 0 aromatic heterocycles. The number of piperidine rings is 1. The van der Waals surface area contributed by atoms with Crippen molar-refractivity contribution in [1.82, 2.24) is 5.32 Å². The largest absolute Gasteiger partial charge is 0.459 e. The molecule has 2 rings (SSSR count). The Bertz CT molecular complexity index is 297. The van der Waals surface area contributed by atoms with Gasteiger partial charge in [0.15, 0.2) is 0 Å². The number of carbonyl (C=O) groups is 1. The van der Waals surface area contributed by atoms with Gasteiger partial charge in [0.25, 0.3) is 0 Å². The van der Waals surface area contributed by atoms with E-state index in [1.807, 2.05) is 6.08 Å². The molecule has 0 aromatic carbocycles. The van der Waals surface area contributed by atoms with Gasteiger partial charge >= 0.3 is 5.97 Å². The molecule has 1 N–H and O–H groups in total. The average molecular weight is 253 g/mol. The SMILES string of the molecule is CO[C@H](C[C@@H]1CCCCN1)C[C@@H]1CC=CC(=O)O1. The number of hydrogen-bond donors (Lipinski definition) is 1. The van der Waals surface area contributed by atoms with E-state index < -0.39 is 0 Å². The first kappa shape index (κ1) is 13.6. The first-order valence-corrected chi connectivity index (χ1v) is 6.91. The third-order valence-electron chi connectivity index (χ3n) is 3.75. The van der Waals surface area contributed by atoms with Crippen LogP contribution in [0.5, 0.6) is 0 Å². The fourth-order valence-electron chi connectivity index (χ4n) is 2.74. The van der Waals surface area contributed by atoms with E-state index >= 15 is 0 Å². The number of hydrogen-bond acceptors (Lipinski definition) is 4. The van der Waals surface area contributed by atoms with Gasteiger partial charge in [0.2, 0.25) is 0 Å². The van der Waals surface area contributed by atoms with E-state index in [1.165, 1.54) is 25.3 Å². The Hall–Kier alpha value is -0.870. The summed E-state index contributed by atoms with van der Waals surface area (Å²) in [5, 5.41) is 3.53. The third kappa shape index (κ3) is 4.10. The second kappa shape index (κ2) is 6.90. The van der Waals surface area contributed by atoms with E-state index in [1.54, 1.807) is 7.11 Å². The summed E-state index contributed by atoms with van der Waals surface area (Å²) in [4.78, 5) is 11.2. The zero-order valence-electron chi connectivity index (χ0n) is 11.1. The minimum atomic E-state index is -0.225. The maximum atomic E-state index is 11.2. The van der Waals surface area contributed by atoms with Crippen LogP contribution in [0.25, 0.3) is 0 Å². The molecule has 0 saturated carbocycles. The molecule has 4 heteroatoms. The van der Waals surface area contributed by atoms with Crippen LogP contribution in [0.4, 0.5) is 0 Å². The van der Waals surface area contributed by atoms with Gasteiger partial charge in [0, 0.05) is 32.1 Å². The van der Waals surface area contributed by atoms with Crippen molar-refractivity contribution in [3.63, 3.8) is 0 Å². The van der Waals surface area contributed by atoms with Crippen LogP contribution in [0.3, 0.4) is 0 Å². The van der Waals surface area contributed by atoms with Crippen molar-refractivity contribution in [1.29, 1.82) is 0 Å². The van der Waals surface area contributed by atoms with Crippen molar-refractivity contribution in [2.75, 3.05) is 13.7 Å². The molecule has 0 spiro atoms. The fraction of sp³-hybridized carbons (Fsp3) is 0.786. The molecular weight excluding hydrogens is 230 g/mol. The molecule has 4 nitrogen and oxygen atoms in total. The third-order valence-corrected chi connectivity index (χ3v) is 3.75. The highest BCUT2D eigenvalue weighted by atomic mass is 16.5. The van der Waals surface area contributed by atoms with E-state index in [4.69, 9.17) is 9.47 Å². The van der Waals surface area contributed by atoms with Crippen molar-refractivity contribution < 1.29 is 14.3 Å². The number of rotatable bonds is 5. The van der Waals surface area contributed by atoms with Gasteiger partial charge in [-0.1, -0.05) is 12.5 Å². The van der Waals surface area contributed by atoms with E-state index in [9.17, 15) is 4.79 Å². The summed E-state index contributed by atoms with van der Waals surface area (Å²) in [6.07, 6.45) is 9.96. The summed E-state index contributed by atoms with van der Waals surface area (Å²) < 4.78 is 10.8. The zero-order chi connectivity index (χ0) is 12.8. The van der Waals surface area contributed by atoms with Gasteiger partial charge in [-0.2, -0.15) is 0 Å². The van der Waals surface area contributed by atoms with Crippen LogP contribution in [0.1, 0.15) is 38.5 Å². The van der Waals surface area contributed by atoms with E-state index in [-0.39, 0.29) is 18.2 Å². The number of cyclic esters (lactones) is 1. The predicted molar refractivity (Wildman–Crippen MR) is 69.3 cm³/mol. The molecular formula is C14H23NO3. The smallest absolute Gasteiger partial charge is 0.330 e. The van der Waals surface area contributed by atoms with Gasteiger partial charge in [-0.15, -0.1) is 0 Å². The summed E-state index contributed by atoms with van der Waals surface area (Å²) in [6.45, 7) is 1.11. The summed E-state index contributed by atoms with van der Waals surface area (Å²) >= 11 is 0. The van der Waals surface area contributed by atoms with Gasteiger partial charge in [-0.25, -0.2) is 4.79 Å². The number of nitrogens with one attached hydrogen (secondary N) is 1. The van der Waals surface area contributed by atoms with Crippen LogP contribution in [-0.4, -0.2) is 37.9 Å². The standard InChI is InChI=1S/C14H23NO3/c1-17-13(9-11-5-2-3-8-15-11)10-12-6-4-7-14(16)18-12/h4,7,11-13,15H,2-3,5-6,8-10H2,1H3/t11-,12-,13+/m0/s1. The minimum absolute atomic E-state index is 0.0176. The van der Waals surface area contributed by atoms with Crippen LogP contribution in [0.15, 0.2) is 12.2 Å². The first-order chi connectivity index (χ1) is 8.78. The van der Waals surface area contributed by atoms with Crippen molar-refractivity contribution in [3.8, 4) is 0 Å².